The van der Waals surface area contributed by atoms with E-state index in [-0.39, 0.29) is 17.3 Å². The van der Waals surface area contributed by atoms with Crippen LogP contribution in [0.2, 0.25) is 0 Å². The Morgan fingerprint density at radius 1 is 0.971 bits per heavy atom. The lowest BCUT2D eigenvalue weighted by Crippen LogP contribution is -2.15. The van der Waals surface area contributed by atoms with Gasteiger partial charge < -0.3 is 10.6 Å². The zero-order valence-corrected chi connectivity index (χ0v) is 20.1. The molecule has 0 spiro atoms. The Morgan fingerprint density at radius 2 is 1.65 bits per heavy atom. The van der Waals surface area contributed by atoms with Crippen molar-refractivity contribution in [3.05, 3.63) is 99.3 Å². The number of non-ortho nitro benzene ring substituents is 1. The molecule has 0 fully saturated rings. The number of amides is 1. The first-order valence-electron chi connectivity index (χ1n) is 10.2. The number of anilines is 2. The smallest absolute Gasteiger partial charge is 0.269 e. The highest BCUT2D eigenvalue weighted by Crippen LogP contribution is 2.24. The summed E-state index contributed by atoms with van der Waals surface area (Å²) in [6.07, 6.45) is 0. The van der Waals surface area contributed by atoms with Gasteiger partial charge in [-0.05, 0) is 48.5 Å². The molecule has 0 radical (unpaired) electrons. The van der Waals surface area contributed by atoms with Crippen LogP contribution < -0.4 is 10.6 Å². The van der Waals surface area contributed by atoms with Gasteiger partial charge in [-0.25, -0.2) is 0 Å². The molecule has 0 unspecified atom stereocenters. The number of thioether (sulfide) groups is 1. The van der Waals surface area contributed by atoms with Gasteiger partial charge in [-0.3, -0.25) is 19.5 Å². The van der Waals surface area contributed by atoms with Crippen LogP contribution in [0.15, 0.2) is 88.5 Å². The van der Waals surface area contributed by atoms with Gasteiger partial charge in [-0.2, -0.15) is 0 Å². The molecule has 34 heavy (non-hydrogen) atoms. The van der Waals surface area contributed by atoms with Crippen LogP contribution in [0.4, 0.5) is 17.1 Å². The zero-order valence-electron chi connectivity index (χ0n) is 17.7. The molecule has 2 N–H and O–H groups in total. The molecular weight excluding hydrogens is 520 g/mol. The normalized spacial score (nSPS) is 10.6. The third-order valence-electron chi connectivity index (χ3n) is 4.70. The van der Waals surface area contributed by atoms with Crippen molar-refractivity contribution < 1.29 is 9.72 Å². The Kier molecular flexibility index (Phi) is 7.55. The summed E-state index contributed by atoms with van der Waals surface area (Å²) in [5.41, 5.74) is 2.29. The molecule has 4 aromatic rings. The molecule has 0 bridgehead atoms. The van der Waals surface area contributed by atoms with E-state index >= 15 is 0 Å². The van der Waals surface area contributed by atoms with Gasteiger partial charge in [-0.1, -0.05) is 45.9 Å². The van der Waals surface area contributed by atoms with Gasteiger partial charge in [0.2, 0.25) is 5.91 Å². The molecule has 1 amide bonds. The van der Waals surface area contributed by atoms with Gasteiger partial charge in [-0.15, -0.1) is 10.2 Å². The van der Waals surface area contributed by atoms with E-state index in [1.165, 1.54) is 36.0 Å². The Bertz CT molecular complexity index is 1280. The lowest BCUT2D eigenvalue weighted by atomic mass is 10.3. The summed E-state index contributed by atoms with van der Waals surface area (Å²) < 4.78 is 2.91. The summed E-state index contributed by atoms with van der Waals surface area (Å²) in [5.74, 6) is 0.547. The van der Waals surface area contributed by atoms with E-state index in [1.54, 1.807) is 0 Å². The molecule has 1 aromatic heterocycles. The minimum Gasteiger partial charge on any atom is -0.378 e. The molecule has 0 saturated carbocycles. The second-order valence-corrected chi connectivity index (χ2v) is 8.93. The first kappa shape index (κ1) is 23.5. The second-order valence-electron chi connectivity index (χ2n) is 7.07. The van der Waals surface area contributed by atoms with Crippen LogP contribution in [0.5, 0.6) is 0 Å². The fourth-order valence-electron chi connectivity index (χ4n) is 3.09. The summed E-state index contributed by atoms with van der Waals surface area (Å²) in [5, 5.41) is 26.1. The van der Waals surface area contributed by atoms with E-state index in [0.29, 0.717) is 23.2 Å². The molecule has 0 saturated heterocycles. The van der Waals surface area contributed by atoms with E-state index in [0.717, 1.165) is 15.8 Å². The molecule has 9 nitrogen and oxygen atoms in total. The van der Waals surface area contributed by atoms with E-state index in [2.05, 4.69) is 36.8 Å². The molecule has 11 heteroatoms. The van der Waals surface area contributed by atoms with Crippen molar-refractivity contribution in [3.8, 4) is 5.69 Å². The van der Waals surface area contributed by atoms with Crippen molar-refractivity contribution in [3.63, 3.8) is 0 Å². The number of carbonyl (C=O) groups is 1. The number of para-hydroxylation sites is 1. The van der Waals surface area contributed by atoms with E-state index in [9.17, 15) is 14.9 Å². The molecule has 0 aliphatic heterocycles. The average Bonchev–Trinajstić information content (AvgIpc) is 3.26. The quantitative estimate of drug-likeness (QED) is 0.169. The van der Waals surface area contributed by atoms with Crippen LogP contribution in [0.3, 0.4) is 0 Å². The Balaban J connectivity index is 1.45. The largest absolute Gasteiger partial charge is 0.378 e. The Morgan fingerprint density at radius 3 is 2.32 bits per heavy atom. The summed E-state index contributed by atoms with van der Waals surface area (Å²) in [6, 6.07) is 23.2. The maximum Gasteiger partial charge on any atom is 0.269 e. The second kappa shape index (κ2) is 10.9. The number of hydrogen-bond acceptors (Lipinski definition) is 7. The van der Waals surface area contributed by atoms with E-state index < -0.39 is 4.92 Å². The highest BCUT2D eigenvalue weighted by atomic mass is 79.9. The zero-order chi connectivity index (χ0) is 23.9. The molecule has 0 aliphatic carbocycles. The topological polar surface area (TPSA) is 115 Å². The van der Waals surface area contributed by atoms with Crippen molar-refractivity contribution >= 4 is 50.7 Å². The summed E-state index contributed by atoms with van der Waals surface area (Å²) >= 11 is 4.69. The molecule has 3 aromatic carbocycles. The average molecular weight is 539 g/mol. The number of hydrogen-bond donors (Lipinski definition) is 2. The van der Waals surface area contributed by atoms with Gasteiger partial charge >= 0.3 is 0 Å². The number of nitrogens with zero attached hydrogens (tertiary/aromatic N) is 4. The first-order valence-corrected chi connectivity index (χ1v) is 11.9. The number of carbonyl (C=O) groups excluding carboxylic acids is 1. The van der Waals surface area contributed by atoms with Crippen LogP contribution in [0.25, 0.3) is 5.69 Å². The van der Waals surface area contributed by atoms with Crippen LogP contribution >= 0.6 is 27.7 Å². The molecular formula is C23H19BrN6O3S. The molecule has 1 heterocycles. The Labute approximate surface area is 207 Å². The fraction of sp³-hybridized carbons (Fsp3) is 0.0870. The van der Waals surface area contributed by atoms with Crippen LogP contribution in [-0.4, -0.2) is 31.3 Å². The first-order chi connectivity index (χ1) is 16.5. The van der Waals surface area contributed by atoms with Crippen molar-refractivity contribution in [2.45, 2.75) is 11.7 Å². The number of benzene rings is 3. The standard InChI is InChI=1S/C23H19BrN6O3S/c24-16-6-8-17(9-7-16)25-14-21-27-28-23(29(21)19-4-2-1-3-5-19)34-15-22(31)26-18-10-12-20(13-11-18)30(32)33/h1-13,25H,14-15H2,(H,26,31). The highest BCUT2D eigenvalue weighted by molar-refractivity contribution is 9.10. The minimum absolute atomic E-state index is 0.0346. The lowest BCUT2D eigenvalue weighted by molar-refractivity contribution is -0.384. The Hall–Kier alpha value is -3.70. The van der Waals surface area contributed by atoms with Crippen molar-refractivity contribution in [2.75, 3.05) is 16.4 Å². The summed E-state index contributed by atoms with van der Waals surface area (Å²) in [4.78, 5) is 22.8. The van der Waals surface area contributed by atoms with Gasteiger partial charge in [0, 0.05) is 33.7 Å². The maximum absolute atomic E-state index is 12.5. The van der Waals surface area contributed by atoms with Crippen LogP contribution in [-0.2, 0) is 11.3 Å². The summed E-state index contributed by atoms with van der Waals surface area (Å²) in [7, 11) is 0. The van der Waals surface area contributed by atoms with Crippen molar-refractivity contribution in [1.82, 2.24) is 14.8 Å². The molecule has 4 rings (SSSR count). The third kappa shape index (κ3) is 6.00. The number of nitro benzene ring substituents is 1. The van der Waals surface area contributed by atoms with Crippen LogP contribution in [0.1, 0.15) is 5.82 Å². The molecule has 172 valence electrons. The highest BCUT2D eigenvalue weighted by Gasteiger charge is 2.16. The number of nitro groups is 1. The number of aromatic nitrogens is 3. The molecule has 0 aliphatic rings. The fourth-order valence-corrected chi connectivity index (χ4v) is 4.12. The van der Waals surface area contributed by atoms with Crippen molar-refractivity contribution in [1.29, 1.82) is 0 Å². The SMILES string of the molecule is O=C(CSc1nnc(CNc2ccc(Br)cc2)n1-c1ccccc1)Nc1ccc([N+](=O)[O-])cc1. The van der Waals surface area contributed by atoms with Crippen molar-refractivity contribution in [2.24, 2.45) is 0 Å². The lowest BCUT2D eigenvalue weighted by Gasteiger charge is -2.11. The number of nitrogens with one attached hydrogen (secondary N) is 2. The van der Waals surface area contributed by atoms with Gasteiger partial charge in [0.1, 0.15) is 0 Å². The summed E-state index contributed by atoms with van der Waals surface area (Å²) in [6.45, 7) is 0.444. The number of halogens is 1. The van der Waals surface area contributed by atoms with E-state index in [4.69, 9.17) is 0 Å². The number of rotatable bonds is 9. The third-order valence-corrected chi connectivity index (χ3v) is 6.16. The predicted molar refractivity (Wildman–Crippen MR) is 135 cm³/mol. The minimum atomic E-state index is -0.485. The maximum atomic E-state index is 12.5. The predicted octanol–water partition coefficient (Wildman–Crippen LogP) is 5.28. The molecule has 0 atom stereocenters. The van der Waals surface area contributed by atoms with Crippen LogP contribution in [0, 0.1) is 10.1 Å². The van der Waals surface area contributed by atoms with Gasteiger partial charge in [0.05, 0.1) is 17.2 Å². The van der Waals surface area contributed by atoms with Gasteiger partial charge in [0.15, 0.2) is 11.0 Å². The monoisotopic (exact) mass is 538 g/mol. The van der Waals surface area contributed by atoms with Gasteiger partial charge in [0.25, 0.3) is 5.69 Å². The van der Waals surface area contributed by atoms with E-state index in [1.807, 2.05) is 59.2 Å².